The number of alkyl halides is 3. The summed E-state index contributed by atoms with van der Waals surface area (Å²) in [5.74, 6) is -0.0532. The predicted molar refractivity (Wildman–Crippen MR) is 172 cm³/mol. The molecule has 1 heterocycles. The number of rotatable bonds is 6. The standard InChI is InChI=1S/C20H24N2O.C9H6ClF3N2O.2C2H6/c1-15-7-6-8-17(13-15)20(23)21-19-10-9-18(14-16(19)2)22-11-4-3-5-12-22;10-8-2-1-6(4-14-15-5-16)3-7(8)9(11,12)13;2*1-2/h6-10,13-14H,3-5,11-12H2,1-2H3,(H,21,23);1-5H,(H,15,16);2*1-2H3/b;14-4+;;. The fourth-order valence-electron chi connectivity index (χ4n) is 4.10. The molecule has 0 saturated carbocycles. The number of piperidine rings is 1. The lowest BCUT2D eigenvalue weighted by molar-refractivity contribution is -0.137. The molecule has 43 heavy (non-hydrogen) atoms. The Morgan fingerprint density at radius 1 is 0.930 bits per heavy atom. The van der Waals surface area contributed by atoms with Crippen LogP contribution in [0.25, 0.3) is 0 Å². The Morgan fingerprint density at radius 3 is 2.19 bits per heavy atom. The van der Waals surface area contributed by atoms with Gasteiger partial charge in [-0.1, -0.05) is 63.1 Å². The van der Waals surface area contributed by atoms with Crippen LogP contribution in [0.4, 0.5) is 24.5 Å². The Labute approximate surface area is 258 Å². The zero-order chi connectivity index (χ0) is 32.4. The van der Waals surface area contributed by atoms with Crippen molar-refractivity contribution in [3.63, 3.8) is 0 Å². The Balaban J connectivity index is 0.000000407. The van der Waals surface area contributed by atoms with Gasteiger partial charge in [-0.05, 0) is 86.7 Å². The molecule has 234 valence electrons. The van der Waals surface area contributed by atoms with Gasteiger partial charge in [0.15, 0.2) is 0 Å². The summed E-state index contributed by atoms with van der Waals surface area (Å²) in [5.41, 5.74) is 6.23. The Hall–Kier alpha value is -3.85. The van der Waals surface area contributed by atoms with Gasteiger partial charge in [0.2, 0.25) is 6.41 Å². The largest absolute Gasteiger partial charge is 0.417 e. The molecule has 0 unspecified atom stereocenters. The van der Waals surface area contributed by atoms with Crippen LogP contribution in [0.5, 0.6) is 0 Å². The van der Waals surface area contributed by atoms with E-state index in [0.717, 1.165) is 48.3 Å². The lowest BCUT2D eigenvalue weighted by atomic mass is 10.1. The number of carbonyl (C=O) groups excluding carboxylic acids is 2. The molecule has 0 bridgehead atoms. The van der Waals surface area contributed by atoms with E-state index in [4.69, 9.17) is 11.6 Å². The fourth-order valence-corrected chi connectivity index (χ4v) is 4.33. The second kappa shape index (κ2) is 19.4. The normalized spacial score (nSPS) is 12.5. The van der Waals surface area contributed by atoms with Crippen molar-refractivity contribution in [1.82, 2.24) is 5.43 Å². The summed E-state index contributed by atoms with van der Waals surface area (Å²) >= 11 is 5.41. The second-order valence-electron chi connectivity index (χ2n) is 9.11. The van der Waals surface area contributed by atoms with Gasteiger partial charge in [0.1, 0.15) is 0 Å². The first-order valence-corrected chi connectivity index (χ1v) is 14.8. The molecule has 2 N–H and O–H groups in total. The smallest absolute Gasteiger partial charge is 0.372 e. The van der Waals surface area contributed by atoms with Crippen molar-refractivity contribution in [1.29, 1.82) is 0 Å². The molecule has 1 aliphatic heterocycles. The maximum absolute atomic E-state index is 12.4. The molecule has 3 aromatic carbocycles. The molecule has 1 fully saturated rings. The molecule has 0 aliphatic carbocycles. The fraction of sp³-hybridized carbons (Fsp3) is 0.364. The number of carbonyl (C=O) groups is 2. The van der Waals surface area contributed by atoms with E-state index in [-0.39, 0.29) is 16.5 Å². The van der Waals surface area contributed by atoms with Crippen molar-refractivity contribution in [2.75, 3.05) is 23.3 Å². The zero-order valence-corrected chi connectivity index (χ0v) is 26.4. The summed E-state index contributed by atoms with van der Waals surface area (Å²) < 4.78 is 37.2. The van der Waals surface area contributed by atoms with E-state index >= 15 is 0 Å². The van der Waals surface area contributed by atoms with Crippen molar-refractivity contribution in [3.8, 4) is 0 Å². The Bertz CT molecular complexity index is 1320. The van der Waals surface area contributed by atoms with E-state index < -0.39 is 11.7 Å². The maximum Gasteiger partial charge on any atom is 0.417 e. The van der Waals surface area contributed by atoms with Gasteiger partial charge < -0.3 is 10.2 Å². The SMILES string of the molecule is CC.CC.Cc1cccc(C(=O)Nc2ccc(N3CCCCC3)cc2C)c1.O=CN/N=C/c1ccc(Cl)c(C(F)(F)F)c1. The van der Waals surface area contributed by atoms with Gasteiger partial charge >= 0.3 is 6.18 Å². The first kappa shape index (κ1) is 37.2. The Kier molecular flexibility index (Phi) is 16.7. The topological polar surface area (TPSA) is 73.8 Å². The number of halogens is 4. The molecule has 0 aromatic heterocycles. The lowest BCUT2D eigenvalue weighted by Crippen LogP contribution is -2.29. The predicted octanol–water partition coefficient (Wildman–Crippen LogP) is 9.04. The zero-order valence-electron chi connectivity index (χ0n) is 25.7. The summed E-state index contributed by atoms with van der Waals surface area (Å²) in [6, 6.07) is 17.3. The van der Waals surface area contributed by atoms with Crippen LogP contribution in [0.1, 0.15) is 79.6 Å². The first-order valence-electron chi connectivity index (χ1n) is 14.4. The van der Waals surface area contributed by atoms with E-state index in [1.807, 2.05) is 70.4 Å². The number of anilines is 2. The molecule has 0 atom stereocenters. The van der Waals surface area contributed by atoms with Gasteiger partial charge in [0.25, 0.3) is 5.91 Å². The highest BCUT2D eigenvalue weighted by atomic mass is 35.5. The maximum atomic E-state index is 12.4. The highest BCUT2D eigenvalue weighted by molar-refractivity contribution is 6.31. The van der Waals surface area contributed by atoms with Crippen LogP contribution < -0.4 is 15.6 Å². The van der Waals surface area contributed by atoms with Crippen LogP contribution in [0.15, 0.2) is 65.8 Å². The average Bonchev–Trinajstić information content (AvgIpc) is 3.01. The van der Waals surface area contributed by atoms with Crippen molar-refractivity contribution >= 4 is 41.5 Å². The summed E-state index contributed by atoms with van der Waals surface area (Å²) in [5, 5.41) is 6.00. The minimum absolute atomic E-state index is 0.0532. The van der Waals surface area contributed by atoms with Gasteiger partial charge in [-0.25, -0.2) is 5.43 Å². The van der Waals surface area contributed by atoms with Gasteiger partial charge in [0, 0.05) is 30.0 Å². The molecular weight excluding hydrogens is 577 g/mol. The van der Waals surface area contributed by atoms with Crippen LogP contribution in [0, 0.1) is 13.8 Å². The van der Waals surface area contributed by atoms with Gasteiger partial charge in [0.05, 0.1) is 16.8 Å². The lowest BCUT2D eigenvalue weighted by Gasteiger charge is -2.29. The van der Waals surface area contributed by atoms with Crippen molar-refractivity contribution in [2.24, 2.45) is 5.10 Å². The monoisotopic (exact) mass is 618 g/mol. The third kappa shape index (κ3) is 12.5. The molecule has 1 saturated heterocycles. The number of nitrogens with one attached hydrogen (secondary N) is 2. The molecule has 0 radical (unpaired) electrons. The third-order valence-corrected chi connectivity index (χ3v) is 6.43. The number of amides is 2. The van der Waals surface area contributed by atoms with Crippen LogP contribution in [-0.2, 0) is 11.0 Å². The van der Waals surface area contributed by atoms with Crippen LogP contribution >= 0.6 is 11.6 Å². The Morgan fingerprint density at radius 2 is 1.60 bits per heavy atom. The molecule has 4 rings (SSSR count). The summed E-state index contributed by atoms with van der Waals surface area (Å²) in [6.45, 7) is 14.3. The van der Waals surface area contributed by atoms with E-state index in [1.165, 1.54) is 31.0 Å². The highest BCUT2D eigenvalue weighted by Gasteiger charge is 2.33. The molecule has 10 heteroatoms. The van der Waals surface area contributed by atoms with E-state index in [1.54, 1.807) is 0 Å². The number of hydrogen-bond acceptors (Lipinski definition) is 4. The average molecular weight is 619 g/mol. The van der Waals surface area contributed by atoms with Gasteiger partial charge in [-0.15, -0.1) is 0 Å². The number of nitrogens with zero attached hydrogens (tertiary/aromatic N) is 2. The van der Waals surface area contributed by atoms with Crippen molar-refractivity contribution in [2.45, 2.75) is 67.0 Å². The van der Waals surface area contributed by atoms with Gasteiger partial charge in [-0.3, -0.25) is 9.59 Å². The third-order valence-electron chi connectivity index (χ3n) is 6.10. The number of aryl methyl sites for hydroxylation is 2. The highest BCUT2D eigenvalue weighted by Crippen LogP contribution is 2.34. The van der Waals surface area contributed by atoms with E-state index in [9.17, 15) is 22.8 Å². The van der Waals surface area contributed by atoms with Crippen molar-refractivity contribution in [3.05, 3.63) is 93.5 Å². The molecular formula is C33H42ClF3N4O2. The summed E-state index contributed by atoms with van der Waals surface area (Å²) in [4.78, 5) is 24.7. The second-order valence-corrected chi connectivity index (χ2v) is 9.52. The molecule has 3 aromatic rings. The molecule has 0 spiro atoms. The molecule has 2 amide bonds. The van der Waals surface area contributed by atoms with E-state index in [2.05, 4.69) is 34.4 Å². The van der Waals surface area contributed by atoms with E-state index in [0.29, 0.717) is 12.0 Å². The minimum atomic E-state index is -4.51. The number of hydrogen-bond donors (Lipinski definition) is 2. The van der Waals surface area contributed by atoms with Crippen LogP contribution in [0.3, 0.4) is 0 Å². The van der Waals surface area contributed by atoms with Crippen LogP contribution in [0.2, 0.25) is 5.02 Å². The summed E-state index contributed by atoms with van der Waals surface area (Å²) in [6.07, 6.45) is 0.742. The van der Waals surface area contributed by atoms with Crippen molar-refractivity contribution < 1.29 is 22.8 Å². The minimum Gasteiger partial charge on any atom is -0.372 e. The quantitative estimate of drug-likeness (QED) is 0.164. The van der Waals surface area contributed by atoms with Gasteiger partial charge in [-0.2, -0.15) is 18.3 Å². The molecule has 1 aliphatic rings. The van der Waals surface area contributed by atoms with Crippen LogP contribution in [-0.4, -0.2) is 31.6 Å². The number of benzene rings is 3. The summed E-state index contributed by atoms with van der Waals surface area (Å²) in [7, 11) is 0. The number of hydrazone groups is 1. The molecule has 6 nitrogen and oxygen atoms in total. The first-order chi connectivity index (χ1) is 20.6.